The van der Waals surface area contributed by atoms with Gasteiger partial charge in [0.05, 0.1) is 11.3 Å². The number of fused-ring (bicyclic) bond motifs is 1. The Balaban J connectivity index is 1.57. The standard InChI is InChI=1S/C21H26N4O2/c1-14-18-10-16(13-23-19(18)25(5)24-14)12-22-11-15-6-8-17(9-7-15)20(26)27-21(2,3)4/h6-10,13,22H,11-12H2,1-5H3. The van der Waals surface area contributed by atoms with Gasteiger partial charge in [0.1, 0.15) is 5.60 Å². The molecule has 6 nitrogen and oxygen atoms in total. The predicted octanol–water partition coefficient (Wildman–Crippen LogP) is 3.52. The number of benzene rings is 1. The van der Waals surface area contributed by atoms with Crippen LogP contribution < -0.4 is 5.32 Å². The van der Waals surface area contributed by atoms with Crippen LogP contribution in [-0.2, 0) is 24.9 Å². The fourth-order valence-corrected chi connectivity index (χ4v) is 2.89. The molecule has 0 aliphatic heterocycles. The number of hydrogen-bond acceptors (Lipinski definition) is 5. The highest BCUT2D eigenvalue weighted by Gasteiger charge is 2.17. The second-order valence-corrected chi connectivity index (χ2v) is 7.73. The number of ether oxygens (including phenoxy) is 1. The van der Waals surface area contributed by atoms with E-state index in [1.807, 2.05) is 53.1 Å². The van der Waals surface area contributed by atoms with Gasteiger partial charge in [-0.2, -0.15) is 5.10 Å². The number of aryl methyl sites for hydroxylation is 2. The number of carbonyl (C=O) groups excluding carboxylic acids is 1. The number of nitrogens with zero attached hydrogens (tertiary/aromatic N) is 3. The summed E-state index contributed by atoms with van der Waals surface area (Å²) in [6.45, 7) is 9.00. The minimum absolute atomic E-state index is 0.298. The van der Waals surface area contributed by atoms with Crippen LogP contribution in [0.1, 0.15) is 48.0 Å². The van der Waals surface area contributed by atoms with Crippen LogP contribution >= 0.6 is 0 Å². The second kappa shape index (κ2) is 7.48. The fraction of sp³-hybridized carbons (Fsp3) is 0.381. The summed E-state index contributed by atoms with van der Waals surface area (Å²) in [5, 5.41) is 8.89. The maximum absolute atomic E-state index is 12.1. The first kappa shape index (κ1) is 19.0. The summed E-state index contributed by atoms with van der Waals surface area (Å²) in [6, 6.07) is 9.62. The maximum atomic E-state index is 12.1. The molecule has 2 heterocycles. The molecule has 0 aliphatic carbocycles. The van der Waals surface area contributed by atoms with Crippen molar-refractivity contribution in [1.29, 1.82) is 0 Å². The Morgan fingerprint density at radius 1 is 1.15 bits per heavy atom. The van der Waals surface area contributed by atoms with E-state index < -0.39 is 5.60 Å². The van der Waals surface area contributed by atoms with Crippen molar-refractivity contribution >= 4 is 17.0 Å². The van der Waals surface area contributed by atoms with Gasteiger partial charge in [0.15, 0.2) is 5.65 Å². The van der Waals surface area contributed by atoms with Crippen molar-refractivity contribution in [3.63, 3.8) is 0 Å². The molecule has 3 rings (SSSR count). The van der Waals surface area contributed by atoms with Crippen molar-refractivity contribution in [2.45, 2.75) is 46.4 Å². The van der Waals surface area contributed by atoms with Crippen LogP contribution in [0.3, 0.4) is 0 Å². The minimum Gasteiger partial charge on any atom is -0.456 e. The zero-order valence-corrected chi connectivity index (χ0v) is 16.5. The predicted molar refractivity (Wildman–Crippen MR) is 105 cm³/mol. The molecule has 0 bridgehead atoms. The average Bonchev–Trinajstić information content (AvgIpc) is 2.88. The van der Waals surface area contributed by atoms with Gasteiger partial charge in [-0.3, -0.25) is 4.68 Å². The quantitative estimate of drug-likeness (QED) is 0.700. The van der Waals surface area contributed by atoms with Crippen LogP contribution in [0.25, 0.3) is 11.0 Å². The number of nitrogens with one attached hydrogen (secondary N) is 1. The molecule has 0 fully saturated rings. The van der Waals surface area contributed by atoms with Crippen LogP contribution in [0, 0.1) is 6.92 Å². The lowest BCUT2D eigenvalue weighted by atomic mass is 10.1. The first-order chi connectivity index (χ1) is 12.7. The monoisotopic (exact) mass is 366 g/mol. The second-order valence-electron chi connectivity index (χ2n) is 7.73. The van der Waals surface area contributed by atoms with Gasteiger partial charge in [-0.1, -0.05) is 12.1 Å². The molecule has 142 valence electrons. The van der Waals surface area contributed by atoms with E-state index in [9.17, 15) is 4.79 Å². The van der Waals surface area contributed by atoms with E-state index >= 15 is 0 Å². The molecule has 0 atom stereocenters. The third kappa shape index (κ3) is 4.71. The molecule has 0 radical (unpaired) electrons. The number of carbonyl (C=O) groups is 1. The normalized spacial score (nSPS) is 11.7. The summed E-state index contributed by atoms with van der Waals surface area (Å²) in [5.74, 6) is -0.298. The zero-order valence-electron chi connectivity index (χ0n) is 16.5. The Labute approximate surface area is 159 Å². The van der Waals surface area contributed by atoms with Gasteiger partial charge in [-0.15, -0.1) is 0 Å². The molecular formula is C21H26N4O2. The van der Waals surface area contributed by atoms with E-state index in [4.69, 9.17) is 4.74 Å². The number of rotatable bonds is 5. The van der Waals surface area contributed by atoms with Crippen LogP contribution in [-0.4, -0.2) is 26.3 Å². The smallest absolute Gasteiger partial charge is 0.338 e. The maximum Gasteiger partial charge on any atom is 0.338 e. The molecule has 2 aromatic heterocycles. The van der Waals surface area contributed by atoms with Gasteiger partial charge >= 0.3 is 5.97 Å². The highest BCUT2D eigenvalue weighted by atomic mass is 16.6. The van der Waals surface area contributed by atoms with Gasteiger partial charge in [0.2, 0.25) is 0 Å². The van der Waals surface area contributed by atoms with Crippen molar-refractivity contribution in [2.24, 2.45) is 7.05 Å². The Hall–Kier alpha value is -2.73. The minimum atomic E-state index is -0.487. The van der Waals surface area contributed by atoms with Crippen LogP contribution in [0.15, 0.2) is 36.5 Å². The van der Waals surface area contributed by atoms with Crippen molar-refractivity contribution in [1.82, 2.24) is 20.1 Å². The molecule has 0 saturated carbocycles. The summed E-state index contributed by atoms with van der Waals surface area (Å²) in [7, 11) is 1.90. The largest absolute Gasteiger partial charge is 0.456 e. The lowest BCUT2D eigenvalue weighted by molar-refractivity contribution is 0.00695. The molecular weight excluding hydrogens is 340 g/mol. The molecule has 0 spiro atoms. The third-order valence-electron chi connectivity index (χ3n) is 4.17. The van der Waals surface area contributed by atoms with E-state index in [0.29, 0.717) is 18.7 Å². The highest BCUT2D eigenvalue weighted by Crippen LogP contribution is 2.17. The van der Waals surface area contributed by atoms with Crippen LogP contribution in [0.5, 0.6) is 0 Å². The lowest BCUT2D eigenvalue weighted by Gasteiger charge is -2.19. The van der Waals surface area contributed by atoms with E-state index in [1.165, 1.54) is 0 Å². The van der Waals surface area contributed by atoms with Crippen LogP contribution in [0.4, 0.5) is 0 Å². The Morgan fingerprint density at radius 2 is 1.81 bits per heavy atom. The van der Waals surface area contributed by atoms with Crippen LogP contribution in [0.2, 0.25) is 0 Å². The molecule has 1 aromatic carbocycles. The molecule has 6 heteroatoms. The molecule has 1 N–H and O–H groups in total. The number of pyridine rings is 1. The zero-order chi connectivity index (χ0) is 19.6. The van der Waals surface area contributed by atoms with Gasteiger partial charge in [-0.25, -0.2) is 9.78 Å². The number of esters is 1. The SMILES string of the molecule is Cc1nn(C)c2ncc(CNCc3ccc(C(=O)OC(C)(C)C)cc3)cc12. The van der Waals surface area contributed by atoms with E-state index in [-0.39, 0.29) is 5.97 Å². The summed E-state index contributed by atoms with van der Waals surface area (Å²) < 4.78 is 7.18. The molecule has 27 heavy (non-hydrogen) atoms. The van der Waals surface area contributed by atoms with E-state index in [1.54, 1.807) is 16.8 Å². The average molecular weight is 366 g/mol. The number of aromatic nitrogens is 3. The molecule has 0 saturated heterocycles. The topological polar surface area (TPSA) is 69.0 Å². The van der Waals surface area contributed by atoms with Gasteiger partial charge < -0.3 is 10.1 Å². The molecule has 0 unspecified atom stereocenters. The molecule has 0 aliphatic rings. The van der Waals surface area contributed by atoms with E-state index in [2.05, 4.69) is 21.5 Å². The van der Waals surface area contributed by atoms with Crippen molar-refractivity contribution in [3.8, 4) is 0 Å². The fourth-order valence-electron chi connectivity index (χ4n) is 2.89. The van der Waals surface area contributed by atoms with Crippen molar-refractivity contribution < 1.29 is 9.53 Å². The first-order valence-corrected chi connectivity index (χ1v) is 9.04. The van der Waals surface area contributed by atoms with Crippen molar-refractivity contribution in [3.05, 3.63) is 58.9 Å². The van der Waals surface area contributed by atoms with Gasteiger partial charge in [0, 0.05) is 31.7 Å². The summed E-state index contributed by atoms with van der Waals surface area (Å²) in [6.07, 6.45) is 1.88. The summed E-state index contributed by atoms with van der Waals surface area (Å²) >= 11 is 0. The highest BCUT2D eigenvalue weighted by molar-refractivity contribution is 5.89. The van der Waals surface area contributed by atoms with E-state index in [0.717, 1.165) is 27.9 Å². The van der Waals surface area contributed by atoms with Gasteiger partial charge in [-0.05, 0) is 57.0 Å². The summed E-state index contributed by atoms with van der Waals surface area (Å²) in [5.41, 5.74) is 4.18. The number of hydrogen-bond donors (Lipinski definition) is 1. The Bertz CT molecular complexity index is 953. The molecule has 0 amide bonds. The van der Waals surface area contributed by atoms with Gasteiger partial charge in [0.25, 0.3) is 0 Å². The Morgan fingerprint density at radius 3 is 2.48 bits per heavy atom. The first-order valence-electron chi connectivity index (χ1n) is 9.04. The summed E-state index contributed by atoms with van der Waals surface area (Å²) in [4.78, 5) is 16.6. The Kier molecular flexibility index (Phi) is 5.28. The molecule has 3 aromatic rings. The lowest BCUT2D eigenvalue weighted by Crippen LogP contribution is -2.23. The van der Waals surface area contributed by atoms with Crippen molar-refractivity contribution in [2.75, 3.05) is 0 Å². The third-order valence-corrected chi connectivity index (χ3v) is 4.17.